The van der Waals surface area contributed by atoms with Crippen LogP contribution in [0.25, 0.3) is 0 Å². The molecule has 0 bridgehead atoms. The highest BCUT2D eigenvalue weighted by atomic mass is 32.2. The molecule has 0 aromatic heterocycles. The van der Waals surface area contributed by atoms with Gasteiger partial charge in [0.1, 0.15) is 9.84 Å². The highest BCUT2D eigenvalue weighted by Crippen LogP contribution is 2.16. The molecule has 0 heterocycles. The lowest BCUT2D eigenvalue weighted by molar-refractivity contribution is 0.391. The fraction of sp³-hybridized carbons (Fsp3) is 1.00. The van der Waals surface area contributed by atoms with E-state index < -0.39 is 9.84 Å². The first-order valence-corrected chi connectivity index (χ1v) is 7.29. The zero-order valence-electron chi connectivity index (χ0n) is 9.49. The fourth-order valence-corrected chi connectivity index (χ4v) is 2.32. The van der Waals surface area contributed by atoms with E-state index in [1.165, 1.54) is 6.26 Å². The van der Waals surface area contributed by atoms with Crippen LogP contribution in [0.15, 0.2) is 0 Å². The Bertz CT molecular complexity index is 235. The molecule has 0 saturated carbocycles. The van der Waals surface area contributed by atoms with Gasteiger partial charge in [-0.2, -0.15) is 0 Å². The second kappa shape index (κ2) is 6.40. The van der Waals surface area contributed by atoms with Crippen molar-refractivity contribution < 1.29 is 8.42 Å². The summed E-state index contributed by atoms with van der Waals surface area (Å²) in [6.07, 6.45) is 4.06. The van der Waals surface area contributed by atoms with E-state index in [1.54, 1.807) is 0 Å². The van der Waals surface area contributed by atoms with E-state index in [0.29, 0.717) is 24.1 Å². The van der Waals surface area contributed by atoms with Gasteiger partial charge < -0.3 is 5.73 Å². The van der Waals surface area contributed by atoms with Crippen LogP contribution in [-0.4, -0.2) is 27.0 Å². The Morgan fingerprint density at radius 3 is 2.21 bits per heavy atom. The molecule has 1 atom stereocenters. The largest absolute Gasteiger partial charge is 0.330 e. The normalized spacial score (nSPS) is 14.6. The third-order valence-electron chi connectivity index (χ3n) is 2.27. The summed E-state index contributed by atoms with van der Waals surface area (Å²) >= 11 is 0. The summed E-state index contributed by atoms with van der Waals surface area (Å²) in [7, 11) is -2.80. The Kier molecular flexibility index (Phi) is 6.36. The molecule has 0 aromatic carbocycles. The third kappa shape index (κ3) is 8.51. The molecule has 0 aromatic rings. The first-order valence-electron chi connectivity index (χ1n) is 5.23. The van der Waals surface area contributed by atoms with Crippen LogP contribution in [0.3, 0.4) is 0 Å². The van der Waals surface area contributed by atoms with Gasteiger partial charge in [-0.3, -0.25) is 0 Å². The number of rotatable bonds is 7. The lowest BCUT2D eigenvalue weighted by Gasteiger charge is -2.16. The van der Waals surface area contributed by atoms with Crippen LogP contribution < -0.4 is 5.73 Å². The zero-order chi connectivity index (χ0) is 11.2. The highest BCUT2D eigenvalue weighted by molar-refractivity contribution is 7.90. The zero-order valence-corrected chi connectivity index (χ0v) is 10.3. The van der Waals surface area contributed by atoms with E-state index in [1.807, 2.05) is 0 Å². The Morgan fingerprint density at radius 1 is 1.29 bits per heavy atom. The SMILES string of the molecule is CC(C)CC(CN)CCCS(C)(=O)=O. The van der Waals surface area contributed by atoms with E-state index in [4.69, 9.17) is 5.73 Å². The van der Waals surface area contributed by atoms with Crippen molar-refractivity contribution in [2.75, 3.05) is 18.6 Å². The molecule has 4 heteroatoms. The minimum atomic E-state index is -2.80. The summed E-state index contributed by atoms with van der Waals surface area (Å²) < 4.78 is 21.8. The van der Waals surface area contributed by atoms with Crippen molar-refractivity contribution in [3.05, 3.63) is 0 Å². The number of hydrogen-bond acceptors (Lipinski definition) is 3. The number of nitrogens with two attached hydrogens (primary N) is 1. The predicted octanol–water partition coefficient (Wildman–Crippen LogP) is 1.43. The minimum Gasteiger partial charge on any atom is -0.330 e. The minimum absolute atomic E-state index is 0.293. The Labute approximate surface area is 88.0 Å². The average Bonchev–Trinajstić information content (AvgIpc) is 1.99. The molecule has 0 aliphatic rings. The lowest BCUT2D eigenvalue weighted by atomic mass is 9.93. The molecule has 0 amide bonds. The molecule has 0 spiro atoms. The van der Waals surface area contributed by atoms with E-state index in [-0.39, 0.29) is 0 Å². The van der Waals surface area contributed by atoms with Gasteiger partial charge in [-0.1, -0.05) is 13.8 Å². The van der Waals surface area contributed by atoms with Crippen molar-refractivity contribution in [2.24, 2.45) is 17.6 Å². The first kappa shape index (κ1) is 13.9. The molecular formula is C10H23NO2S. The Hall–Kier alpha value is -0.0900. The van der Waals surface area contributed by atoms with Gasteiger partial charge in [-0.25, -0.2) is 8.42 Å². The molecule has 3 nitrogen and oxygen atoms in total. The smallest absolute Gasteiger partial charge is 0.147 e. The summed E-state index contributed by atoms with van der Waals surface area (Å²) in [5.74, 6) is 1.42. The first-order chi connectivity index (χ1) is 6.35. The average molecular weight is 221 g/mol. The van der Waals surface area contributed by atoms with Gasteiger partial charge in [0.2, 0.25) is 0 Å². The number of hydrogen-bond donors (Lipinski definition) is 1. The van der Waals surface area contributed by atoms with Crippen LogP contribution in [0.4, 0.5) is 0 Å². The fourth-order valence-electron chi connectivity index (χ4n) is 1.63. The number of sulfone groups is 1. The van der Waals surface area contributed by atoms with Gasteiger partial charge >= 0.3 is 0 Å². The van der Waals surface area contributed by atoms with Crippen LogP contribution in [0.2, 0.25) is 0 Å². The molecule has 2 N–H and O–H groups in total. The molecule has 86 valence electrons. The summed E-state index contributed by atoms with van der Waals surface area (Å²) in [5, 5.41) is 0. The van der Waals surface area contributed by atoms with Crippen molar-refractivity contribution in [1.82, 2.24) is 0 Å². The van der Waals surface area contributed by atoms with Gasteiger partial charge in [0.25, 0.3) is 0 Å². The molecule has 0 radical (unpaired) electrons. The molecule has 1 unspecified atom stereocenters. The monoisotopic (exact) mass is 221 g/mol. The van der Waals surface area contributed by atoms with E-state index >= 15 is 0 Å². The maximum absolute atomic E-state index is 10.9. The quantitative estimate of drug-likeness (QED) is 0.707. The summed E-state index contributed by atoms with van der Waals surface area (Å²) in [5.41, 5.74) is 5.62. The van der Waals surface area contributed by atoms with E-state index in [0.717, 1.165) is 19.3 Å². The predicted molar refractivity (Wildman–Crippen MR) is 60.9 cm³/mol. The van der Waals surface area contributed by atoms with Gasteiger partial charge in [-0.05, 0) is 37.6 Å². The third-order valence-corrected chi connectivity index (χ3v) is 3.30. The van der Waals surface area contributed by atoms with Crippen molar-refractivity contribution in [3.63, 3.8) is 0 Å². The molecule has 0 saturated heterocycles. The van der Waals surface area contributed by atoms with Gasteiger partial charge in [0.15, 0.2) is 0 Å². The second-order valence-electron chi connectivity index (χ2n) is 4.50. The van der Waals surface area contributed by atoms with Crippen LogP contribution >= 0.6 is 0 Å². The van der Waals surface area contributed by atoms with E-state index in [9.17, 15) is 8.42 Å². The van der Waals surface area contributed by atoms with Crippen molar-refractivity contribution in [3.8, 4) is 0 Å². The summed E-state index contributed by atoms with van der Waals surface area (Å²) in [6.45, 7) is 5.00. The van der Waals surface area contributed by atoms with Gasteiger partial charge in [0.05, 0.1) is 0 Å². The van der Waals surface area contributed by atoms with E-state index in [2.05, 4.69) is 13.8 Å². The van der Waals surface area contributed by atoms with Crippen molar-refractivity contribution in [2.45, 2.75) is 33.1 Å². The molecule has 14 heavy (non-hydrogen) atoms. The lowest BCUT2D eigenvalue weighted by Crippen LogP contribution is -2.17. The maximum atomic E-state index is 10.9. The maximum Gasteiger partial charge on any atom is 0.147 e. The topological polar surface area (TPSA) is 60.2 Å². The van der Waals surface area contributed by atoms with Crippen LogP contribution in [-0.2, 0) is 9.84 Å². The summed E-state index contributed by atoms with van der Waals surface area (Å²) in [4.78, 5) is 0. The Morgan fingerprint density at radius 2 is 1.86 bits per heavy atom. The van der Waals surface area contributed by atoms with Crippen LogP contribution in [0.5, 0.6) is 0 Å². The standard InChI is InChI=1S/C10H23NO2S/c1-9(2)7-10(8-11)5-4-6-14(3,12)13/h9-10H,4-8,11H2,1-3H3. The molecule has 0 fully saturated rings. The highest BCUT2D eigenvalue weighted by Gasteiger charge is 2.10. The summed E-state index contributed by atoms with van der Waals surface area (Å²) in [6, 6.07) is 0. The molecule has 0 rings (SSSR count). The molecular weight excluding hydrogens is 198 g/mol. The van der Waals surface area contributed by atoms with Crippen molar-refractivity contribution >= 4 is 9.84 Å². The second-order valence-corrected chi connectivity index (χ2v) is 6.76. The van der Waals surface area contributed by atoms with Gasteiger partial charge in [0, 0.05) is 12.0 Å². The molecule has 0 aliphatic heterocycles. The van der Waals surface area contributed by atoms with Crippen molar-refractivity contribution in [1.29, 1.82) is 0 Å². The van der Waals surface area contributed by atoms with Gasteiger partial charge in [-0.15, -0.1) is 0 Å². The Balaban J connectivity index is 3.74. The van der Waals surface area contributed by atoms with Crippen LogP contribution in [0.1, 0.15) is 33.1 Å². The molecule has 0 aliphatic carbocycles. The van der Waals surface area contributed by atoms with Crippen LogP contribution in [0, 0.1) is 11.8 Å².